The maximum Gasteiger partial charge on any atom is 0.482 e. The van der Waals surface area contributed by atoms with E-state index in [0.717, 1.165) is 5.56 Å². The van der Waals surface area contributed by atoms with Crippen molar-refractivity contribution in [2.24, 2.45) is 0 Å². The van der Waals surface area contributed by atoms with E-state index in [-0.39, 0.29) is 11.7 Å². The Bertz CT molecular complexity index is 444. The molecule has 0 fully saturated rings. The molecular weight excluding hydrogens is 216 g/mol. The molecule has 0 aliphatic carbocycles. The number of anilines is 1. The zero-order chi connectivity index (χ0) is 11.9. The summed E-state index contributed by atoms with van der Waals surface area (Å²) in [5.74, 6) is -1.18. The van der Waals surface area contributed by atoms with Gasteiger partial charge in [0, 0.05) is 0 Å². The van der Waals surface area contributed by atoms with E-state index in [0.29, 0.717) is 5.69 Å². The summed E-state index contributed by atoms with van der Waals surface area (Å²) < 4.78 is 30.1. The summed E-state index contributed by atoms with van der Waals surface area (Å²) in [6.45, 7) is 3.95. The van der Waals surface area contributed by atoms with E-state index in [1.807, 2.05) is 13.8 Å². The molecular formula is C11H11F2NO2. The number of rotatable bonds is 1. The van der Waals surface area contributed by atoms with Gasteiger partial charge in [-0.15, -0.1) is 0 Å². The van der Waals surface area contributed by atoms with E-state index in [9.17, 15) is 13.6 Å². The summed E-state index contributed by atoms with van der Waals surface area (Å²) in [6, 6.07) is 4.79. The van der Waals surface area contributed by atoms with Gasteiger partial charge in [0.25, 0.3) is 0 Å². The van der Waals surface area contributed by atoms with Gasteiger partial charge in [0.15, 0.2) is 5.75 Å². The average Bonchev–Trinajstić information content (AvgIpc) is 2.18. The van der Waals surface area contributed by atoms with E-state index in [1.54, 1.807) is 12.1 Å². The second-order valence-electron chi connectivity index (χ2n) is 3.98. The van der Waals surface area contributed by atoms with Crippen LogP contribution in [0.3, 0.4) is 0 Å². The molecule has 0 aromatic heterocycles. The normalized spacial score (nSPS) is 17.7. The second-order valence-corrected chi connectivity index (χ2v) is 3.98. The quantitative estimate of drug-likeness (QED) is 0.801. The van der Waals surface area contributed by atoms with Crippen molar-refractivity contribution in [3.8, 4) is 5.75 Å². The third kappa shape index (κ3) is 1.73. The van der Waals surface area contributed by atoms with Gasteiger partial charge in [-0.2, -0.15) is 8.78 Å². The maximum absolute atomic E-state index is 12.9. The summed E-state index contributed by atoms with van der Waals surface area (Å²) in [4.78, 5) is 11.0. The van der Waals surface area contributed by atoms with Crippen LogP contribution in [-0.4, -0.2) is 12.0 Å². The molecule has 2 rings (SSSR count). The molecule has 0 saturated carbocycles. The highest BCUT2D eigenvalue weighted by molar-refractivity contribution is 5.98. The van der Waals surface area contributed by atoms with Crippen LogP contribution in [0.4, 0.5) is 14.5 Å². The van der Waals surface area contributed by atoms with Crippen LogP contribution >= 0.6 is 0 Å². The number of nitrogens with one attached hydrogen (secondary N) is 1. The summed E-state index contributed by atoms with van der Waals surface area (Å²) in [7, 11) is 0. The highest BCUT2D eigenvalue weighted by Gasteiger charge is 2.46. The largest absolute Gasteiger partial charge is 0.482 e. The lowest BCUT2D eigenvalue weighted by Crippen LogP contribution is -2.43. The van der Waals surface area contributed by atoms with E-state index in [4.69, 9.17) is 0 Å². The van der Waals surface area contributed by atoms with Gasteiger partial charge >= 0.3 is 12.0 Å². The summed E-state index contributed by atoms with van der Waals surface area (Å²) in [5.41, 5.74) is 1.25. The van der Waals surface area contributed by atoms with Crippen LogP contribution in [0.25, 0.3) is 0 Å². The third-order valence-electron chi connectivity index (χ3n) is 2.42. The van der Waals surface area contributed by atoms with Crippen LogP contribution in [0.15, 0.2) is 18.2 Å². The van der Waals surface area contributed by atoms with Crippen molar-refractivity contribution in [3.63, 3.8) is 0 Å². The molecule has 3 nitrogen and oxygen atoms in total. The van der Waals surface area contributed by atoms with E-state index < -0.39 is 12.0 Å². The van der Waals surface area contributed by atoms with E-state index >= 15 is 0 Å². The van der Waals surface area contributed by atoms with E-state index in [1.165, 1.54) is 6.07 Å². The number of carbonyl (C=O) groups excluding carboxylic acids is 1. The highest BCUT2D eigenvalue weighted by atomic mass is 19.3. The lowest BCUT2D eigenvalue weighted by molar-refractivity contribution is -0.189. The Morgan fingerprint density at radius 3 is 2.69 bits per heavy atom. The molecule has 0 spiro atoms. The summed E-state index contributed by atoms with van der Waals surface area (Å²) >= 11 is 0. The van der Waals surface area contributed by atoms with Crippen molar-refractivity contribution in [2.75, 3.05) is 5.32 Å². The van der Waals surface area contributed by atoms with Crippen molar-refractivity contribution in [1.29, 1.82) is 0 Å². The number of halogens is 2. The standard InChI is InChI=1S/C11H11F2NO2/c1-6(2)7-3-4-9-8(5-7)14-10(15)11(12,13)16-9/h3-6H,1-2H3,(H,14,15). The van der Waals surface area contributed by atoms with Gasteiger partial charge in [0.05, 0.1) is 5.69 Å². The molecule has 1 N–H and O–H groups in total. The fourth-order valence-electron chi connectivity index (χ4n) is 1.47. The molecule has 1 heterocycles. The van der Waals surface area contributed by atoms with Crippen molar-refractivity contribution in [1.82, 2.24) is 0 Å². The van der Waals surface area contributed by atoms with E-state index in [2.05, 4.69) is 10.1 Å². The molecule has 5 heteroatoms. The number of fused-ring (bicyclic) bond motifs is 1. The van der Waals surface area contributed by atoms with Gasteiger partial charge in [-0.1, -0.05) is 19.9 Å². The molecule has 86 valence electrons. The van der Waals surface area contributed by atoms with Crippen molar-refractivity contribution < 1.29 is 18.3 Å². The zero-order valence-corrected chi connectivity index (χ0v) is 8.88. The van der Waals surface area contributed by atoms with Crippen LogP contribution in [0.1, 0.15) is 25.3 Å². The van der Waals surface area contributed by atoms with Crippen LogP contribution < -0.4 is 10.1 Å². The lowest BCUT2D eigenvalue weighted by Gasteiger charge is -2.25. The first kappa shape index (κ1) is 10.9. The van der Waals surface area contributed by atoms with Crippen molar-refractivity contribution >= 4 is 11.6 Å². The minimum Gasteiger partial charge on any atom is -0.423 e. The predicted molar refractivity (Wildman–Crippen MR) is 54.7 cm³/mol. The number of hydrogen-bond acceptors (Lipinski definition) is 2. The van der Waals surface area contributed by atoms with Gasteiger partial charge in [-0.3, -0.25) is 4.79 Å². The molecule has 16 heavy (non-hydrogen) atoms. The van der Waals surface area contributed by atoms with Crippen LogP contribution in [-0.2, 0) is 4.79 Å². The minimum atomic E-state index is -3.79. The summed E-state index contributed by atoms with van der Waals surface area (Å²) in [6.07, 6.45) is -3.79. The molecule has 1 aromatic rings. The number of hydrogen-bond donors (Lipinski definition) is 1. The highest BCUT2D eigenvalue weighted by Crippen LogP contribution is 2.36. The smallest absolute Gasteiger partial charge is 0.423 e. The maximum atomic E-state index is 12.9. The molecule has 0 saturated heterocycles. The van der Waals surface area contributed by atoms with Crippen molar-refractivity contribution in [3.05, 3.63) is 23.8 Å². The SMILES string of the molecule is CC(C)c1ccc2c(c1)NC(=O)C(F)(F)O2. The third-order valence-corrected chi connectivity index (χ3v) is 2.42. The minimum absolute atomic E-state index is 0.00556. The topological polar surface area (TPSA) is 38.3 Å². The number of ether oxygens (including phenoxy) is 1. The first-order valence-corrected chi connectivity index (χ1v) is 4.92. The van der Waals surface area contributed by atoms with Gasteiger partial charge in [0.1, 0.15) is 0 Å². The first-order chi connectivity index (χ1) is 7.40. The Labute approximate surface area is 91.4 Å². The Hall–Kier alpha value is -1.65. The molecule has 0 unspecified atom stereocenters. The van der Waals surface area contributed by atoms with Gasteiger partial charge in [-0.25, -0.2) is 0 Å². The van der Waals surface area contributed by atoms with Gasteiger partial charge < -0.3 is 10.1 Å². The van der Waals surface area contributed by atoms with Crippen LogP contribution in [0, 0.1) is 0 Å². The Morgan fingerprint density at radius 1 is 1.38 bits per heavy atom. The molecule has 0 atom stereocenters. The Morgan fingerprint density at radius 2 is 2.06 bits per heavy atom. The number of benzene rings is 1. The second kappa shape index (κ2) is 3.43. The predicted octanol–water partition coefficient (Wildman–Crippen LogP) is 2.73. The Kier molecular flexibility index (Phi) is 2.33. The average molecular weight is 227 g/mol. The fraction of sp³-hybridized carbons (Fsp3) is 0.364. The molecule has 1 aliphatic heterocycles. The molecule has 1 aromatic carbocycles. The molecule has 1 amide bonds. The monoisotopic (exact) mass is 227 g/mol. The molecule has 0 bridgehead atoms. The van der Waals surface area contributed by atoms with Crippen LogP contribution in [0.5, 0.6) is 5.75 Å². The first-order valence-electron chi connectivity index (χ1n) is 4.92. The van der Waals surface area contributed by atoms with Crippen molar-refractivity contribution in [2.45, 2.75) is 25.9 Å². The number of carbonyl (C=O) groups is 1. The number of alkyl halides is 2. The van der Waals surface area contributed by atoms with Gasteiger partial charge in [-0.05, 0) is 23.6 Å². The lowest BCUT2D eigenvalue weighted by atomic mass is 10.0. The fourth-order valence-corrected chi connectivity index (χ4v) is 1.47. The summed E-state index contributed by atoms with van der Waals surface area (Å²) in [5, 5.41) is 2.13. The van der Waals surface area contributed by atoms with Crippen LogP contribution in [0.2, 0.25) is 0 Å². The molecule has 1 aliphatic rings. The molecule has 0 radical (unpaired) electrons. The van der Waals surface area contributed by atoms with Gasteiger partial charge in [0.2, 0.25) is 0 Å². The zero-order valence-electron chi connectivity index (χ0n) is 8.88. The number of amides is 1. The Balaban J connectivity index is 2.41.